The lowest BCUT2D eigenvalue weighted by Gasteiger charge is -2.37. The Kier molecular flexibility index (Phi) is 2.97. The first kappa shape index (κ1) is 11.3. The van der Waals surface area contributed by atoms with Crippen LogP contribution in [0.1, 0.15) is 31.2 Å². The summed E-state index contributed by atoms with van der Waals surface area (Å²) in [6.07, 6.45) is 4.32. The van der Waals surface area contributed by atoms with E-state index in [1.165, 1.54) is 18.4 Å². The number of hydrogen-bond donors (Lipinski definition) is 1. The van der Waals surface area contributed by atoms with E-state index in [1.54, 1.807) is 0 Å². The van der Waals surface area contributed by atoms with E-state index < -0.39 is 0 Å². The molecular weight excluding hydrogens is 209 g/mol. The normalized spacial score (nSPS) is 32.9. The molecule has 2 unspecified atom stereocenters. The van der Waals surface area contributed by atoms with Crippen molar-refractivity contribution in [3.63, 3.8) is 0 Å². The molecule has 0 aromatic heterocycles. The van der Waals surface area contributed by atoms with Gasteiger partial charge in [0, 0.05) is 18.6 Å². The molecule has 0 saturated carbocycles. The average molecular weight is 227 g/mol. The van der Waals surface area contributed by atoms with Gasteiger partial charge in [-0.3, -0.25) is 4.90 Å². The highest BCUT2D eigenvalue weighted by molar-refractivity contribution is 6.32. The molecule has 1 aromatic carbocycles. The zero-order chi connectivity index (χ0) is 11.8. The molecule has 2 saturated heterocycles. The van der Waals surface area contributed by atoms with E-state index in [0.29, 0.717) is 12.1 Å². The van der Waals surface area contributed by atoms with Gasteiger partial charge < -0.3 is 5.11 Å². The molecule has 2 heterocycles. The van der Waals surface area contributed by atoms with Gasteiger partial charge in [0.15, 0.2) is 0 Å². The summed E-state index contributed by atoms with van der Waals surface area (Å²) in [5.41, 5.74) is 2.15. The Labute approximate surface area is 104 Å². The summed E-state index contributed by atoms with van der Waals surface area (Å²) in [5.74, 6) is 0. The Bertz CT molecular complexity index is 378. The molecule has 1 aromatic rings. The summed E-state index contributed by atoms with van der Waals surface area (Å²) in [5, 5.41) is 9.77. The van der Waals surface area contributed by atoms with Gasteiger partial charge in [-0.25, -0.2) is 0 Å². The zero-order valence-corrected chi connectivity index (χ0v) is 10.0. The smallest absolute Gasteiger partial charge is 0.113 e. The quantitative estimate of drug-likeness (QED) is 0.761. The van der Waals surface area contributed by atoms with Crippen molar-refractivity contribution in [2.45, 2.75) is 50.4 Å². The fourth-order valence-corrected chi connectivity index (χ4v) is 3.34. The van der Waals surface area contributed by atoms with Crippen molar-refractivity contribution in [3.8, 4) is 0 Å². The third-order valence-corrected chi connectivity index (χ3v) is 4.20. The van der Waals surface area contributed by atoms with Crippen molar-refractivity contribution in [2.75, 3.05) is 0 Å². The number of aliphatic hydroxyl groups excluding tert-OH is 1. The van der Waals surface area contributed by atoms with E-state index in [2.05, 4.69) is 17.0 Å². The van der Waals surface area contributed by atoms with Crippen LogP contribution in [0.3, 0.4) is 0 Å². The number of hydrogen-bond acceptors (Lipinski definition) is 2. The van der Waals surface area contributed by atoms with Crippen molar-refractivity contribution in [1.82, 2.24) is 4.90 Å². The Morgan fingerprint density at radius 2 is 1.71 bits per heavy atom. The van der Waals surface area contributed by atoms with E-state index >= 15 is 0 Å². The Hall–Kier alpha value is -0.795. The molecule has 0 aliphatic carbocycles. The Morgan fingerprint density at radius 1 is 1.12 bits per heavy atom. The standard InChI is InChI=1S/C14H18BNO/c15-11-3-1-10(2-4-11)9-16-12-5-6-13(16)8-14(17)7-12/h1-4,12-14,17H,5-9H2. The lowest BCUT2D eigenvalue weighted by molar-refractivity contribution is 0.0310. The van der Waals surface area contributed by atoms with Gasteiger partial charge in [-0.1, -0.05) is 29.7 Å². The summed E-state index contributed by atoms with van der Waals surface area (Å²) in [4.78, 5) is 2.57. The van der Waals surface area contributed by atoms with Crippen LogP contribution in [0.5, 0.6) is 0 Å². The van der Waals surface area contributed by atoms with Gasteiger partial charge in [-0.2, -0.15) is 0 Å². The molecule has 2 atom stereocenters. The molecule has 2 radical (unpaired) electrons. The van der Waals surface area contributed by atoms with Gasteiger partial charge in [0.25, 0.3) is 0 Å². The number of aliphatic hydroxyl groups is 1. The van der Waals surface area contributed by atoms with Crippen LogP contribution in [0, 0.1) is 0 Å². The molecule has 3 rings (SSSR count). The van der Waals surface area contributed by atoms with Crippen LogP contribution in [-0.4, -0.2) is 36.0 Å². The summed E-state index contributed by atoms with van der Waals surface area (Å²) >= 11 is 0. The van der Waals surface area contributed by atoms with Crippen LogP contribution in [0.25, 0.3) is 0 Å². The molecule has 0 amide bonds. The van der Waals surface area contributed by atoms with Crippen molar-refractivity contribution < 1.29 is 5.11 Å². The molecular formula is C14H18BNO. The van der Waals surface area contributed by atoms with Gasteiger partial charge in [0.1, 0.15) is 7.85 Å². The minimum absolute atomic E-state index is 0.0739. The summed E-state index contributed by atoms with van der Waals surface area (Å²) in [6, 6.07) is 9.33. The van der Waals surface area contributed by atoms with Gasteiger partial charge >= 0.3 is 0 Å². The Balaban J connectivity index is 1.72. The van der Waals surface area contributed by atoms with E-state index in [-0.39, 0.29) is 6.10 Å². The predicted molar refractivity (Wildman–Crippen MR) is 69.4 cm³/mol. The molecule has 2 aliphatic rings. The number of rotatable bonds is 2. The van der Waals surface area contributed by atoms with Crippen molar-refractivity contribution in [3.05, 3.63) is 29.8 Å². The minimum atomic E-state index is -0.0739. The first-order valence-electron chi connectivity index (χ1n) is 6.50. The second kappa shape index (κ2) is 4.47. The van der Waals surface area contributed by atoms with Crippen LogP contribution < -0.4 is 5.46 Å². The minimum Gasteiger partial charge on any atom is -0.393 e. The molecule has 2 aliphatic heterocycles. The molecule has 2 fully saturated rings. The summed E-state index contributed by atoms with van der Waals surface area (Å²) < 4.78 is 0. The monoisotopic (exact) mass is 227 g/mol. The third kappa shape index (κ3) is 2.27. The third-order valence-electron chi connectivity index (χ3n) is 4.20. The maximum absolute atomic E-state index is 9.77. The zero-order valence-electron chi connectivity index (χ0n) is 10.0. The summed E-state index contributed by atoms with van der Waals surface area (Å²) in [7, 11) is 5.70. The van der Waals surface area contributed by atoms with Crippen molar-refractivity contribution in [1.29, 1.82) is 0 Å². The highest BCUT2D eigenvalue weighted by Crippen LogP contribution is 2.36. The lowest BCUT2D eigenvalue weighted by Crippen LogP contribution is -2.44. The van der Waals surface area contributed by atoms with Crippen LogP contribution in [-0.2, 0) is 6.54 Å². The first-order chi connectivity index (χ1) is 8.22. The lowest BCUT2D eigenvalue weighted by atomic mass is 9.94. The molecule has 17 heavy (non-hydrogen) atoms. The second-order valence-corrected chi connectivity index (χ2v) is 5.42. The summed E-state index contributed by atoms with van der Waals surface area (Å²) in [6.45, 7) is 1.00. The second-order valence-electron chi connectivity index (χ2n) is 5.42. The molecule has 0 spiro atoms. The molecule has 2 bridgehead atoms. The van der Waals surface area contributed by atoms with E-state index in [4.69, 9.17) is 7.85 Å². The van der Waals surface area contributed by atoms with Crippen LogP contribution in [0.4, 0.5) is 0 Å². The number of piperidine rings is 1. The van der Waals surface area contributed by atoms with Crippen molar-refractivity contribution in [2.24, 2.45) is 0 Å². The maximum atomic E-state index is 9.77. The fourth-order valence-electron chi connectivity index (χ4n) is 3.34. The number of fused-ring (bicyclic) bond motifs is 2. The van der Waals surface area contributed by atoms with Crippen LogP contribution in [0.2, 0.25) is 0 Å². The van der Waals surface area contributed by atoms with Gasteiger partial charge in [-0.15, -0.1) is 0 Å². The number of benzene rings is 1. The average Bonchev–Trinajstić information content (AvgIpc) is 2.56. The van der Waals surface area contributed by atoms with Gasteiger partial charge in [-0.05, 0) is 31.2 Å². The van der Waals surface area contributed by atoms with Crippen LogP contribution in [0.15, 0.2) is 24.3 Å². The Morgan fingerprint density at radius 3 is 2.29 bits per heavy atom. The van der Waals surface area contributed by atoms with E-state index in [0.717, 1.165) is 24.8 Å². The van der Waals surface area contributed by atoms with Crippen molar-refractivity contribution >= 4 is 13.3 Å². The number of nitrogens with zero attached hydrogens (tertiary/aromatic N) is 1. The SMILES string of the molecule is [B]c1ccc(CN2C3CCC2CC(O)C3)cc1. The highest BCUT2D eigenvalue weighted by atomic mass is 16.3. The van der Waals surface area contributed by atoms with Gasteiger partial charge in [0.2, 0.25) is 0 Å². The van der Waals surface area contributed by atoms with Gasteiger partial charge in [0.05, 0.1) is 6.10 Å². The highest BCUT2D eigenvalue weighted by Gasteiger charge is 2.39. The first-order valence-corrected chi connectivity index (χ1v) is 6.50. The molecule has 2 nitrogen and oxygen atoms in total. The molecule has 1 N–H and O–H groups in total. The predicted octanol–water partition coefficient (Wildman–Crippen LogP) is 0.968. The largest absolute Gasteiger partial charge is 0.393 e. The molecule has 88 valence electrons. The van der Waals surface area contributed by atoms with Crippen LogP contribution >= 0.6 is 0 Å². The van der Waals surface area contributed by atoms with E-state index in [9.17, 15) is 5.11 Å². The fraction of sp³-hybridized carbons (Fsp3) is 0.571. The van der Waals surface area contributed by atoms with E-state index in [1.807, 2.05) is 12.1 Å². The molecule has 3 heteroatoms. The topological polar surface area (TPSA) is 23.5 Å². The maximum Gasteiger partial charge on any atom is 0.113 e.